The SMILES string of the molecule is CCCCCC(Oc1ccc(-c2occ3ccccc23)cc1)C(=O)OCC. The molecule has 0 spiro atoms. The normalized spacial score (nSPS) is 12.1. The number of carbonyl (C=O) groups excluding carboxylic acids is 1. The Kier molecular flexibility index (Phi) is 6.53. The van der Waals surface area contributed by atoms with Gasteiger partial charge in [-0.1, -0.05) is 44.0 Å². The number of hydrogen-bond donors (Lipinski definition) is 0. The lowest BCUT2D eigenvalue weighted by molar-refractivity contribution is -0.151. The van der Waals surface area contributed by atoms with Gasteiger partial charge in [-0.25, -0.2) is 4.79 Å². The van der Waals surface area contributed by atoms with Gasteiger partial charge in [0.2, 0.25) is 0 Å². The minimum absolute atomic E-state index is 0.297. The molecule has 1 aromatic heterocycles. The van der Waals surface area contributed by atoms with Gasteiger partial charge in [-0.3, -0.25) is 0 Å². The number of ether oxygens (including phenoxy) is 2. The van der Waals surface area contributed by atoms with Crippen LogP contribution in [-0.4, -0.2) is 18.7 Å². The van der Waals surface area contributed by atoms with Gasteiger partial charge in [0.05, 0.1) is 12.9 Å². The Morgan fingerprint density at radius 2 is 1.81 bits per heavy atom. The van der Waals surface area contributed by atoms with Crippen molar-refractivity contribution in [3.63, 3.8) is 0 Å². The third-order valence-corrected chi connectivity index (χ3v) is 4.52. The molecule has 0 aliphatic heterocycles. The Bertz CT molecular complexity index is 863. The molecule has 4 heteroatoms. The Labute approximate surface area is 160 Å². The average Bonchev–Trinajstić information content (AvgIpc) is 3.12. The number of hydrogen-bond acceptors (Lipinski definition) is 4. The summed E-state index contributed by atoms with van der Waals surface area (Å²) in [6.07, 6.45) is 4.98. The van der Waals surface area contributed by atoms with Crippen molar-refractivity contribution in [1.82, 2.24) is 0 Å². The van der Waals surface area contributed by atoms with Crippen LogP contribution in [0.5, 0.6) is 5.75 Å². The highest BCUT2D eigenvalue weighted by Gasteiger charge is 2.21. The van der Waals surface area contributed by atoms with Gasteiger partial charge in [-0.05, 0) is 44.0 Å². The van der Waals surface area contributed by atoms with Crippen molar-refractivity contribution in [2.24, 2.45) is 0 Å². The molecule has 0 amide bonds. The first-order chi connectivity index (χ1) is 13.2. The van der Waals surface area contributed by atoms with E-state index in [0.29, 0.717) is 18.8 Å². The molecular formula is C23H26O4. The fourth-order valence-corrected chi connectivity index (χ4v) is 3.10. The zero-order chi connectivity index (χ0) is 19.1. The van der Waals surface area contributed by atoms with Gasteiger partial charge < -0.3 is 13.9 Å². The first-order valence-corrected chi connectivity index (χ1v) is 9.63. The molecule has 142 valence electrons. The van der Waals surface area contributed by atoms with E-state index in [1.54, 1.807) is 6.26 Å². The van der Waals surface area contributed by atoms with Crippen LogP contribution >= 0.6 is 0 Å². The Hall–Kier alpha value is -2.75. The summed E-state index contributed by atoms with van der Waals surface area (Å²) in [5.41, 5.74) is 0.974. The molecule has 1 heterocycles. The molecule has 3 aromatic rings. The zero-order valence-corrected chi connectivity index (χ0v) is 15.9. The summed E-state index contributed by atoms with van der Waals surface area (Å²) in [7, 11) is 0. The molecule has 0 bridgehead atoms. The number of carbonyl (C=O) groups is 1. The molecule has 0 fully saturated rings. The number of esters is 1. The standard InChI is InChI=1S/C23H26O4/c1-3-5-6-11-21(23(24)25-4-2)27-19-14-12-17(13-15-19)22-20-10-8-7-9-18(20)16-26-22/h7-10,12-16,21H,3-6,11H2,1-2H3. The highest BCUT2D eigenvalue weighted by Crippen LogP contribution is 2.31. The first kappa shape index (κ1) is 19.0. The highest BCUT2D eigenvalue weighted by molar-refractivity contribution is 5.94. The smallest absolute Gasteiger partial charge is 0.347 e. The predicted molar refractivity (Wildman–Crippen MR) is 107 cm³/mol. The van der Waals surface area contributed by atoms with Crippen molar-refractivity contribution >= 4 is 16.7 Å². The van der Waals surface area contributed by atoms with Gasteiger partial charge in [0.1, 0.15) is 11.5 Å². The van der Waals surface area contributed by atoms with E-state index in [2.05, 4.69) is 6.92 Å². The van der Waals surface area contributed by atoms with Crippen LogP contribution in [0.25, 0.3) is 22.1 Å². The van der Waals surface area contributed by atoms with Crippen molar-refractivity contribution in [2.45, 2.75) is 45.6 Å². The number of furan rings is 1. The summed E-state index contributed by atoms with van der Waals surface area (Å²) >= 11 is 0. The molecule has 4 nitrogen and oxygen atoms in total. The van der Waals surface area contributed by atoms with Crippen LogP contribution in [0.2, 0.25) is 0 Å². The van der Waals surface area contributed by atoms with Crippen LogP contribution < -0.4 is 4.74 Å². The van der Waals surface area contributed by atoms with E-state index in [4.69, 9.17) is 13.9 Å². The molecule has 27 heavy (non-hydrogen) atoms. The Morgan fingerprint density at radius 3 is 2.56 bits per heavy atom. The molecule has 0 N–H and O–H groups in total. The first-order valence-electron chi connectivity index (χ1n) is 9.63. The summed E-state index contributed by atoms with van der Waals surface area (Å²) in [5.74, 6) is 1.20. The lowest BCUT2D eigenvalue weighted by Crippen LogP contribution is -2.29. The third kappa shape index (κ3) is 4.70. The van der Waals surface area contributed by atoms with Crippen LogP contribution in [0, 0.1) is 0 Å². The van der Waals surface area contributed by atoms with Gasteiger partial charge in [0, 0.05) is 16.3 Å². The maximum absolute atomic E-state index is 12.2. The maximum Gasteiger partial charge on any atom is 0.347 e. The van der Waals surface area contributed by atoms with Crippen molar-refractivity contribution in [2.75, 3.05) is 6.61 Å². The minimum Gasteiger partial charge on any atom is -0.479 e. The number of benzene rings is 2. The quantitative estimate of drug-likeness (QED) is 0.345. The maximum atomic E-state index is 12.2. The van der Waals surface area contributed by atoms with E-state index in [0.717, 1.165) is 41.4 Å². The largest absolute Gasteiger partial charge is 0.479 e. The number of fused-ring (bicyclic) bond motifs is 1. The molecule has 0 saturated heterocycles. The summed E-state index contributed by atoms with van der Waals surface area (Å²) in [5, 5.41) is 2.15. The van der Waals surface area contributed by atoms with Crippen molar-refractivity contribution in [3.05, 3.63) is 54.8 Å². The van der Waals surface area contributed by atoms with Crippen LogP contribution in [0.4, 0.5) is 0 Å². The Balaban J connectivity index is 1.74. The van der Waals surface area contributed by atoms with Gasteiger partial charge in [-0.2, -0.15) is 0 Å². The summed E-state index contributed by atoms with van der Waals surface area (Å²) < 4.78 is 16.8. The summed E-state index contributed by atoms with van der Waals surface area (Å²) in [6, 6.07) is 15.7. The van der Waals surface area contributed by atoms with E-state index in [-0.39, 0.29) is 5.97 Å². The van der Waals surface area contributed by atoms with E-state index in [1.165, 1.54) is 0 Å². The van der Waals surface area contributed by atoms with Crippen LogP contribution in [0.3, 0.4) is 0 Å². The summed E-state index contributed by atoms with van der Waals surface area (Å²) in [6.45, 7) is 4.30. The summed E-state index contributed by atoms with van der Waals surface area (Å²) in [4.78, 5) is 12.2. The molecule has 1 atom stereocenters. The molecule has 0 saturated carbocycles. The molecule has 0 radical (unpaired) electrons. The lowest BCUT2D eigenvalue weighted by Gasteiger charge is -2.17. The molecule has 2 aromatic carbocycles. The van der Waals surface area contributed by atoms with Gasteiger partial charge in [0.15, 0.2) is 6.10 Å². The topological polar surface area (TPSA) is 48.7 Å². The fraction of sp³-hybridized carbons (Fsp3) is 0.348. The van der Waals surface area contributed by atoms with Crippen LogP contribution in [-0.2, 0) is 9.53 Å². The van der Waals surface area contributed by atoms with Crippen molar-refractivity contribution in [1.29, 1.82) is 0 Å². The fourth-order valence-electron chi connectivity index (χ4n) is 3.10. The van der Waals surface area contributed by atoms with E-state index >= 15 is 0 Å². The van der Waals surface area contributed by atoms with Crippen molar-refractivity contribution < 1.29 is 18.7 Å². The number of unbranched alkanes of at least 4 members (excludes halogenated alkanes) is 2. The van der Waals surface area contributed by atoms with Gasteiger partial charge >= 0.3 is 5.97 Å². The monoisotopic (exact) mass is 366 g/mol. The molecular weight excluding hydrogens is 340 g/mol. The molecule has 0 aliphatic rings. The van der Waals surface area contributed by atoms with E-state index < -0.39 is 6.10 Å². The van der Waals surface area contributed by atoms with Crippen LogP contribution in [0.1, 0.15) is 39.5 Å². The minimum atomic E-state index is -0.563. The number of rotatable bonds is 9. The lowest BCUT2D eigenvalue weighted by atomic mass is 10.1. The van der Waals surface area contributed by atoms with E-state index in [9.17, 15) is 4.79 Å². The third-order valence-electron chi connectivity index (χ3n) is 4.52. The van der Waals surface area contributed by atoms with E-state index in [1.807, 2.05) is 55.5 Å². The highest BCUT2D eigenvalue weighted by atomic mass is 16.6. The zero-order valence-electron chi connectivity index (χ0n) is 15.9. The molecule has 1 unspecified atom stereocenters. The van der Waals surface area contributed by atoms with Crippen LogP contribution in [0.15, 0.2) is 59.2 Å². The Morgan fingerprint density at radius 1 is 1.04 bits per heavy atom. The second kappa shape index (κ2) is 9.26. The predicted octanol–water partition coefficient (Wildman–Crippen LogP) is 5.99. The average molecular weight is 366 g/mol. The van der Waals surface area contributed by atoms with Crippen molar-refractivity contribution in [3.8, 4) is 17.1 Å². The molecule has 3 rings (SSSR count). The second-order valence-electron chi connectivity index (χ2n) is 6.53. The second-order valence-corrected chi connectivity index (χ2v) is 6.53. The van der Waals surface area contributed by atoms with Gasteiger partial charge in [-0.15, -0.1) is 0 Å². The molecule has 0 aliphatic carbocycles. The van der Waals surface area contributed by atoms with Gasteiger partial charge in [0.25, 0.3) is 0 Å².